The fourth-order valence-electron chi connectivity index (χ4n) is 2.75. The summed E-state index contributed by atoms with van der Waals surface area (Å²) >= 11 is 3.53. The van der Waals surface area contributed by atoms with Gasteiger partial charge in [-0.1, -0.05) is 34.1 Å². The first-order valence-corrected chi connectivity index (χ1v) is 7.48. The Balaban J connectivity index is 1.76. The first-order valence-electron chi connectivity index (χ1n) is 6.69. The average molecular weight is 317 g/mol. The van der Waals surface area contributed by atoms with E-state index in [9.17, 15) is 0 Å². The van der Waals surface area contributed by atoms with Crippen molar-refractivity contribution in [1.82, 2.24) is 10.3 Å². The van der Waals surface area contributed by atoms with Crippen molar-refractivity contribution < 1.29 is 0 Å². The van der Waals surface area contributed by atoms with Crippen LogP contribution in [0.3, 0.4) is 0 Å². The number of fused-ring (bicyclic) bond motifs is 1. The Morgan fingerprint density at radius 3 is 3.05 bits per heavy atom. The molecule has 2 atom stereocenters. The van der Waals surface area contributed by atoms with Gasteiger partial charge < -0.3 is 5.32 Å². The molecule has 98 valence electrons. The third-order valence-electron chi connectivity index (χ3n) is 3.76. The highest BCUT2D eigenvalue weighted by Gasteiger charge is 2.24. The zero-order valence-corrected chi connectivity index (χ0v) is 12.5. The second-order valence-corrected chi connectivity index (χ2v) is 6.00. The highest BCUT2D eigenvalue weighted by atomic mass is 79.9. The SMILES string of the molecule is CC(NC1CCc2cccnc21)c1cccc(Br)c1. The number of aryl methyl sites for hydroxylation is 1. The maximum atomic E-state index is 4.53. The molecule has 1 aromatic carbocycles. The van der Waals surface area contributed by atoms with Crippen LogP contribution in [0, 0.1) is 0 Å². The largest absolute Gasteiger partial charge is 0.302 e. The number of nitrogens with one attached hydrogen (secondary N) is 1. The fourth-order valence-corrected chi connectivity index (χ4v) is 3.17. The van der Waals surface area contributed by atoms with Crippen LogP contribution in [-0.2, 0) is 6.42 Å². The van der Waals surface area contributed by atoms with E-state index >= 15 is 0 Å². The van der Waals surface area contributed by atoms with Gasteiger partial charge >= 0.3 is 0 Å². The Morgan fingerprint density at radius 1 is 1.32 bits per heavy atom. The monoisotopic (exact) mass is 316 g/mol. The Morgan fingerprint density at radius 2 is 2.21 bits per heavy atom. The van der Waals surface area contributed by atoms with Gasteiger partial charge in [0.15, 0.2) is 0 Å². The van der Waals surface area contributed by atoms with E-state index in [-0.39, 0.29) is 0 Å². The molecule has 0 radical (unpaired) electrons. The molecule has 0 saturated heterocycles. The number of pyridine rings is 1. The van der Waals surface area contributed by atoms with Crippen molar-refractivity contribution in [1.29, 1.82) is 0 Å². The standard InChI is InChI=1S/C16H17BrN2/c1-11(13-4-2-6-14(17)10-13)19-15-8-7-12-5-3-9-18-16(12)15/h2-6,9-11,15,19H,7-8H2,1H3. The van der Waals surface area contributed by atoms with Crippen molar-refractivity contribution in [3.05, 3.63) is 63.9 Å². The van der Waals surface area contributed by atoms with Crippen LogP contribution in [0.5, 0.6) is 0 Å². The van der Waals surface area contributed by atoms with E-state index in [0.29, 0.717) is 12.1 Å². The van der Waals surface area contributed by atoms with Gasteiger partial charge in [-0.2, -0.15) is 0 Å². The molecule has 3 rings (SSSR count). The normalized spacial score (nSPS) is 19.2. The molecule has 1 aliphatic carbocycles. The summed E-state index contributed by atoms with van der Waals surface area (Å²) in [5.74, 6) is 0. The molecule has 19 heavy (non-hydrogen) atoms. The Hall–Kier alpha value is -1.19. The minimum Gasteiger partial charge on any atom is -0.302 e. The molecule has 2 unspecified atom stereocenters. The van der Waals surface area contributed by atoms with E-state index in [2.05, 4.69) is 63.5 Å². The molecule has 0 aliphatic heterocycles. The van der Waals surface area contributed by atoms with Crippen molar-refractivity contribution in [3.8, 4) is 0 Å². The van der Waals surface area contributed by atoms with E-state index < -0.39 is 0 Å². The molecule has 0 fully saturated rings. The van der Waals surface area contributed by atoms with Crippen LogP contribution in [0.4, 0.5) is 0 Å². The van der Waals surface area contributed by atoms with Gasteiger partial charge in [0.1, 0.15) is 0 Å². The summed E-state index contributed by atoms with van der Waals surface area (Å²) < 4.78 is 1.13. The molecule has 3 heteroatoms. The van der Waals surface area contributed by atoms with Crippen LogP contribution in [-0.4, -0.2) is 4.98 Å². The summed E-state index contributed by atoms with van der Waals surface area (Å²) in [4.78, 5) is 4.53. The summed E-state index contributed by atoms with van der Waals surface area (Å²) in [6.07, 6.45) is 4.17. The molecule has 1 aliphatic rings. The molecular formula is C16H17BrN2. The highest BCUT2D eigenvalue weighted by molar-refractivity contribution is 9.10. The number of benzene rings is 1. The van der Waals surface area contributed by atoms with Gasteiger partial charge in [-0.25, -0.2) is 0 Å². The predicted molar refractivity (Wildman–Crippen MR) is 81.0 cm³/mol. The van der Waals surface area contributed by atoms with Crippen molar-refractivity contribution in [2.45, 2.75) is 31.8 Å². The zero-order valence-electron chi connectivity index (χ0n) is 10.9. The lowest BCUT2D eigenvalue weighted by atomic mass is 10.1. The first kappa shape index (κ1) is 12.8. The van der Waals surface area contributed by atoms with Gasteiger partial charge in [-0.3, -0.25) is 4.98 Å². The van der Waals surface area contributed by atoms with Crippen LogP contribution >= 0.6 is 15.9 Å². The molecular weight excluding hydrogens is 300 g/mol. The summed E-state index contributed by atoms with van der Waals surface area (Å²) in [7, 11) is 0. The molecule has 0 spiro atoms. The Bertz CT molecular complexity index is 582. The van der Waals surface area contributed by atoms with Crippen molar-refractivity contribution in [3.63, 3.8) is 0 Å². The number of hydrogen-bond donors (Lipinski definition) is 1. The van der Waals surface area contributed by atoms with Crippen molar-refractivity contribution >= 4 is 15.9 Å². The summed E-state index contributed by atoms with van der Waals surface area (Å²) in [5.41, 5.74) is 3.92. The summed E-state index contributed by atoms with van der Waals surface area (Å²) in [6.45, 7) is 2.21. The van der Waals surface area contributed by atoms with E-state index in [0.717, 1.165) is 17.3 Å². The number of halogens is 1. The lowest BCUT2D eigenvalue weighted by molar-refractivity contribution is 0.458. The molecule has 0 bridgehead atoms. The van der Waals surface area contributed by atoms with Crippen LogP contribution in [0.15, 0.2) is 47.1 Å². The average Bonchev–Trinajstić information content (AvgIpc) is 2.82. The van der Waals surface area contributed by atoms with Gasteiger partial charge in [-0.05, 0) is 49.1 Å². The molecule has 0 saturated carbocycles. The van der Waals surface area contributed by atoms with Crippen molar-refractivity contribution in [2.24, 2.45) is 0 Å². The Labute approximate surface area is 122 Å². The van der Waals surface area contributed by atoms with Crippen LogP contribution in [0.1, 0.15) is 42.2 Å². The summed E-state index contributed by atoms with van der Waals surface area (Å²) in [5, 5.41) is 3.70. The third-order valence-corrected chi connectivity index (χ3v) is 4.25. The molecule has 1 N–H and O–H groups in total. The highest BCUT2D eigenvalue weighted by Crippen LogP contribution is 2.31. The predicted octanol–water partition coefficient (Wildman–Crippen LogP) is 4.18. The van der Waals surface area contributed by atoms with Gasteiger partial charge in [0.05, 0.1) is 11.7 Å². The smallest absolute Gasteiger partial charge is 0.0605 e. The van der Waals surface area contributed by atoms with Gasteiger partial charge in [0, 0.05) is 16.7 Å². The van der Waals surface area contributed by atoms with Crippen LogP contribution < -0.4 is 5.32 Å². The van der Waals surface area contributed by atoms with Crippen LogP contribution in [0.2, 0.25) is 0 Å². The molecule has 1 heterocycles. The van der Waals surface area contributed by atoms with E-state index in [1.54, 1.807) is 0 Å². The lowest BCUT2D eigenvalue weighted by Gasteiger charge is -2.20. The maximum Gasteiger partial charge on any atom is 0.0605 e. The zero-order chi connectivity index (χ0) is 13.2. The van der Waals surface area contributed by atoms with E-state index in [1.807, 2.05) is 12.3 Å². The van der Waals surface area contributed by atoms with E-state index in [1.165, 1.54) is 16.8 Å². The molecule has 2 aromatic rings. The Kier molecular flexibility index (Phi) is 3.67. The third kappa shape index (κ3) is 2.72. The number of nitrogens with zero attached hydrogens (tertiary/aromatic N) is 1. The number of aromatic nitrogens is 1. The number of rotatable bonds is 3. The minimum absolute atomic E-state index is 0.329. The lowest BCUT2D eigenvalue weighted by Crippen LogP contribution is -2.23. The van der Waals surface area contributed by atoms with Gasteiger partial charge in [0.2, 0.25) is 0 Å². The topological polar surface area (TPSA) is 24.9 Å². The molecule has 1 aromatic heterocycles. The quantitative estimate of drug-likeness (QED) is 0.918. The van der Waals surface area contributed by atoms with E-state index in [4.69, 9.17) is 0 Å². The van der Waals surface area contributed by atoms with Crippen LogP contribution in [0.25, 0.3) is 0 Å². The molecule has 2 nitrogen and oxygen atoms in total. The summed E-state index contributed by atoms with van der Waals surface area (Å²) in [6, 6.07) is 13.4. The van der Waals surface area contributed by atoms with Crippen molar-refractivity contribution in [2.75, 3.05) is 0 Å². The second-order valence-electron chi connectivity index (χ2n) is 5.08. The first-order chi connectivity index (χ1) is 9.24. The second kappa shape index (κ2) is 5.43. The maximum absolute atomic E-state index is 4.53. The minimum atomic E-state index is 0.329. The van der Waals surface area contributed by atoms with Gasteiger partial charge in [-0.15, -0.1) is 0 Å². The van der Waals surface area contributed by atoms with Gasteiger partial charge in [0.25, 0.3) is 0 Å². The molecule has 0 amide bonds. The number of hydrogen-bond acceptors (Lipinski definition) is 2. The fraction of sp³-hybridized carbons (Fsp3) is 0.312.